The average Bonchev–Trinajstić information content (AvgIpc) is 2.72. The Labute approximate surface area is 114 Å². The van der Waals surface area contributed by atoms with Gasteiger partial charge in [-0.05, 0) is 17.7 Å². The molecule has 1 aliphatic heterocycles. The van der Waals surface area contributed by atoms with E-state index in [2.05, 4.69) is 10.4 Å². The predicted molar refractivity (Wildman–Crippen MR) is 71.4 cm³/mol. The van der Waals surface area contributed by atoms with Gasteiger partial charge in [-0.25, -0.2) is 0 Å². The second-order valence-corrected chi connectivity index (χ2v) is 5.03. The van der Waals surface area contributed by atoms with Crippen LogP contribution in [0.25, 0.3) is 0 Å². The largest absolute Gasteiger partial charge is 0.506 e. The summed E-state index contributed by atoms with van der Waals surface area (Å²) < 4.78 is 1.67. The lowest BCUT2D eigenvalue weighted by Gasteiger charge is -2.22. The third kappa shape index (κ3) is 2.06. The zero-order valence-electron chi connectivity index (χ0n) is 10.2. The number of phenols is 1. The second kappa shape index (κ2) is 4.28. The Morgan fingerprint density at radius 3 is 3.05 bits per heavy atom. The topological polar surface area (TPSA) is 67.2 Å². The van der Waals surface area contributed by atoms with Crippen molar-refractivity contribution in [3.8, 4) is 5.75 Å². The van der Waals surface area contributed by atoms with Crippen molar-refractivity contribution in [3.63, 3.8) is 0 Å². The number of carbonyl (C=O) groups is 1. The number of hydrogen-bond acceptors (Lipinski definition) is 3. The van der Waals surface area contributed by atoms with Gasteiger partial charge in [0.2, 0.25) is 5.91 Å². The lowest BCUT2D eigenvalue weighted by atomic mass is 9.87. The van der Waals surface area contributed by atoms with Crippen molar-refractivity contribution in [1.29, 1.82) is 0 Å². The van der Waals surface area contributed by atoms with Crippen LogP contribution in [0.3, 0.4) is 0 Å². The summed E-state index contributed by atoms with van der Waals surface area (Å²) in [5.74, 6) is 0.473. The molecular weight excluding hydrogens is 266 g/mol. The van der Waals surface area contributed by atoms with E-state index in [1.807, 2.05) is 13.2 Å². The van der Waals surface area contributed by atoms with Gasteiger partial charge < -0.3 is 10.4 Å². The molecular formula is C13H12ClN3O2. The molecule has 0 bridgehead atoms. The van der Waals surface area contributed by atoms with Crippen LogP contribution in [-0.2, 0) is 11.8 Å². The summed E-state index contributed by atoms with van der Waals surface area (Å²) >= 11 is 5.93. The van der Waals surface area contributed by atoms with Gasteiger partial charge >= 0.3 is 0 Å². The molecule has 1 atom stereocenters. The van der Waals surface area contributed by atoms with E-state index in [4.69, 9.17) is 11.6 Å². The molecule has 0 saturated carbocycles. The first-order chi connectivity index (χ1) is 9.04. The van der Waals surface area contributed by atoms with E-state index in [0.29, 0.717) is 12.2 Å². The van der Waals surface area contributed by atoms with Gasteiger partial charge in [0.05, 0.1) is 5.02 Å². The van der Waals surface area contributed by atoms with Gasteiger partial charge in [0, 0.05) is 31.1 Å². The molecule has 2 heterocycles. The van der Waals surface area contributed by atoms with Crippen LogP contribution in [0, 0.1) is 0 Å². The zero-order valence-corrected chi connectivity index (χ0v) is 11.0. The Morgan fingerprint density at radius 1 is 1.53 bits per heavy atom. The number of aryl methyl sites for hydroxylation is 1. The molecule has 6 heteroatoms. The van der Waals surface area contributed by atoms with Crippen molar-refractivity contribution in [2.45, 2.75) is 12.3 Å². The summed E-state index contributed by atoms with van der Waals surface area (Å²) in [6, 6.07) is 5.01. The maximum atomic E-state index is 11.7. The first-order valence-corrected chi connectivity index (χ1v) is 6.24. The number of anilines is 1. The van der Waals surface area contributed by atoms with Crippen molar-refractivity contribution in [1.82, 2.24) is 9.78 Å². The Bertz CT molecular complexity index is 666. The van der Waals surface area contributed by atoms with Crippen LogP contribution in [0.1, 0.15) is 23.5 Å². The highest BCUT2D eigenvalue weighted by Gasteiger charge is 2.29. The fourth-order valence-electron chi connectivity index (χ4n) is 2.37. The molecule has 0 aliphatic carbocycles. The number of phenolic OH excluding ortho intramolecular Hbond substituents is 1. The summed E-state index contributed by atoms with van der Waals surface area (Å²) in [6.07, 6.45) is 2.24. The molecule has 98 valence electrons. The molecule has 1 unspecified atom stereocenters. The molecule has 0 saturated heterocycles. The number of halogens is 1. The third-order valence-electron chi connectivity index (χ3n) is 3.25. The van der Waals surface area contributed by atoms with E-state index in [1.54, 1.807) is 22.9 Å². The monoisotopic (exact) mass is 277 g/mol. The lowest BCUT2D eigenvalue weighted by Crippen LogP contribution is -2.22. The Hall–Kier alpha value is -2.01. The molecule has 2 aromatic rings. The fourth-order valence-corrected chi connectivity index (χ4v) is 2.56. The quantitative estimate of drug-likeness (QED) is 0.840. The van der Waals surface area contributed by atoms with Crippen molar-refractivity contribution in [2.75, 3.05) is 5.32 Å². The summed E-state index contributed by atoms with van der Waals surface area (Å²) in [6.45, 7) is 0. The molecule has 2 N–H and O–H groups in total. The maximum absolute atomic E-state index is 11.7. The van der Waals surface area contributed by atoms with Crippen molar-refractivity contribution < 1.29 is 9.90 Å². The van der Waals surface area contributed by atoms with E-state index in [1.165, 1.54) is 0 Å². The van der Waals surface area contributed by atoms with Crippen LogP contribution in [-0.4, -0.2) is 20.8 Å². The molecule has 0 fully saturated rings. The van der Waals surface area contributed by atoms with Gasteiger partial charge in [0.15, 0.2) is 5.82 Å². The minimum Gasteiger partial charge on any atom is -0.506 e. The van der Waals surface area contributed by atoms with Gasteiger partial charge in [-0.15, -0.1) is 0 Å². The molecule has 1 amide bonds. The standard InChI is InChI=1S/C13H12ClN3O2/c1-17-6-9-8(5-12(19)15-13(9)16-17)7-2-3-11(18)10(14)4-7/h2-4,6,8,18H,5H2,1H3,(H,15,16,19). The zero-order chi connectivity index (χ0) is 13.6. The molecule has 19 heavy (non-hydrogen) atoms. The summed E-state index contributed by atoms with van der Waals surface area (Å²) in [5.41, 5.74) is 1.86. The number of nitrogens with one attached hydrogen (secondary N) is 1. The molecule has 0 spiro atoms. The number of nitrogens with zero attached hydrogens (tertiary/aromatic N) is 2. The number of benzene rings is 1. The van der Waals surface area contributed by atoms with Crippen LogP contribution in [0.2, 0.25) is 5.02 Å². The van der Waals surface area contributed by atoms with Crippen molar-refractivity contribution in [2.24, 2.45) is 7.05 Å². The van der Waals surface area contributed by atoms with Gasteiger partial charge in [-0.1, -0.05) is 17.7 Å². The minimum atomic E-state index is -0.0875. The molecule has 1 aromatic heterocycles. The van der Waals surface area contributed by atoms with E-state index in [9.17, 15) is 9.90 Å². The molecule has 5 nitrogen and oxygen atoms in total. The number of amides is 1. The molecule has 3 rings (SSSR count). The van der Waals surface area contributed by atoms with Crippen LogP contribution in [0.5, 0.6) is 5.75 Å². The van der Waals surface area contributed by atoms with Crippen LogP contribution in [0.4, 0.5) is 5.82 Å². The van der Waals surface area contributed by atoms with E-state index in [0.717, 1.165) is 11.1 Å². The average molecular weight is 278 g/mol. The first kappa shape index (κ1) is 12.0. The maximum Gasteiger partial charge on any atom is 0.226 e. The van der Waals surface area contributed by atoms with E-state index < -0.39 is 0 Å². The smallest absolute Gasteiger partial charge is 0.226 e. The van der Waals surface area contributed by atoms with Crippen LogP contribution in [0.15, 0.2) is 24.4 Å². The summed E-state index contributed by atoms with van der Waals surface area (Å²) in [5, 5.41) is 16.7. The fraction of sp³-hybridized carbons (Fsp3) is 0.231. The summed E-state index contributed by atoms with van der Waals surface area (Å²) in [7, 11) is 1.81. The van der Waals surface area contributed by atoms with Crippen LogP contribution >= 0.6 is 11.6 Å². The lowest BCUT2D eigenvalue weighted by molar-refractivity contribution is -0.116. The number of aromatic nitrogens is 2. The summed E-state index contributed by atoms with van der Waals surface area (Å²) in [4.78, 5) is 11.7. The SMILES string of the molecule is Cn1cc2c(n1)NC(=O)CC2c1ccc(O)c(Cl)c1. The third-order valence-corrected chi connectivity index (χ3v) is 3.56. The number of fused-ring (bicyclic) bond motifs is 1. The van der Waals surface area contributed by atoms with Crippen molar-refractivity contribution >= 4 is 23.3 Å². The van der Waals surface area contributed by atoms with Crippen molar-refractivity contribution in [3.05, 3.63) is 40.5 Å². The van der Waals surface area contributed by atoms with Gasteiger partial charge in [0.1, 0.15) is 5.75 Å². The predicted octanol–water partition coefficient (Wildman–Crippen LogP) is 2.25. The number of hydrogen-bond donors (Lipinski definition) is 2. The van der Waals surface area contributed by atoms with E-state index >= 15 is 0 Å². The first-order valence-electron chi connectivity index (χ1n) is 5.86. The second-order valence-electron chi connectivity index (χ2n) is 4.62. The normalized spacial score (nSPS) is 18.0. The Morgan fingerprint density at radius 2 is 2.32 bits per heavy atom. The number of rotatable bonds is 1. The Kier molecular flexibility index (Phi) is 2.71. The van der Waals surface area contributed by atoms with Gasteiger partial charge in [-0.3, -0.25) is 9.48 Å². The van der Waals surface area contributed by atoms with Crippen LogP contribution < -0.4 is 5.32 Å². The highest BCUT2D eigenvalue weighted by molar-refractivity contribution is 6.32. The van der Waals surface area contributed by atoms with Gasteiger partial charge in [0.25, 0.3) is 0 Å². The highest BCUT2D eigenvalue weighted by atomic mass is 35.5. The Balaban J connectivity index is 2.09. The molecule has 0 radical (unpaired) electrons. The highest BCUT2D eigenvalue weighted by Crippen LogP contribution is 2.38. The number of aromatic hydroxyl groups is 1. The number of carbonyl (C=O) groups excluding carboxylic acids is 1. The molecule has 1 aromatic carbocycles. The van der Waals surface area contributed by atoms with E-state index in [-0.39, 0.29) is 22.6 Å². The minimum absolute atomic E-state index is 0.0390. The van der Waals surface area contributed by atoms with Gasteiger partial charge in [-0.2, -0.15) is 5.10 Å². The molecule has 1 aliphatic rings.